The molecule has 5 nitrogen and oxygen atoms in total. The van der Waals surface area contributed by atoms with E-state index in [1.807, 2.05) is 6.92 Å². The molecule has 1 aliphatic carbocycles. The molecule has 0 saturated carbocycles. The van der Waals surface area contributed by atoms with Crippen LogP contribution in [-0.4, -0.2) is 28.9 Å². The molecule has 0 saturated heterocycles. The fourth-order valence-corrected chi connectivity index (χ4v) is 3.14. The average molecular weight is 349 g/mol. The van der Waals surface area contributed by atoms with Crippen LogP contribution in [0.15, 0.2) is 24.4 Å². The Morgan fingerprint density at radius 2 is 2.12 bits per heavy atom. The Kier molecular flexibility index (Phi) is 5.43. The summed E-state index contributed by atoms with van der Waals surface area (Å²) in [7, 11) is 0. The fourth-order valence-electron chi connectivity index (χ4n) is 3.14. The monoisotopic (exact) mass is 349 g/mol. The van der Waals surface area contributed by atoms with Gasteiger partial charge in [0, 0.05) is 23.9 Å². The molecule has 1 aromatic carbocycles. The summed E-state index contributed by atoms with van der Waals surface area (Å²) in [5.74, 6) is -1.46. The van der Waals surface area contributed by atoms with E-state index in [-0.39, 0.29) is 18.6 Å². The van der Waals surface area contributed by atoms with Gasteiger partial charge in [0.05, 0.1) is 17.9 Å². The lowest BCUT2D eigenvalue weighted by molar-refractivity contribution is -0.126. The molecule has 0 bridgehead atoms. The van der Waals surface area contributed by atoms with Gasteiger partial charge in [0.2, 0.25) is 5.91 Å². The normalized spacial score (nSPS) is 16.5. The molecule has 0 spiro atoms. The Hall–Kier alpha value is -2.28. The quantitative estimate of drug-likeness (QED) is 0.816. The van der Waals surface area contributed by atoms with Crippen LogP contribution in [0.4, 0.5) is 8.78 Å². The van der Waals surface area contributed by atoms with Crippen molar-refractivity contribution in [2.75, 3.05) is 13.2 Å². The van der Waals surface area contributed by atoms with E-state index in [1.165, 1.54) is 12.1 Å². The topological polar surface area (TPSA) is 56.1 Å². The first-order valence-electron chi connectivity index (χ1n) is 8.49. The van der Waals surface area contributed by atoms with E-state index < -0.39 is 11.6 Å². The van der Waals surface area contributed by atoms with Crippen molar-refractivity contribution in [2.24, 2.45) is 0 Å². The third kappa shape index (κ3) is 4.04. The molecule has 1 aliphatic rings. The van der Waals surface area contributed by atoms with Crippen LogP contribution in [0, 0.1) is 11.6 Å². The highest BCUT2D eigenvalue weighted by atomic mass is 19.1. The number of nitrogens with one attached hydrogen (secondary N) is 1. The first kappa shape index (κ1) is 17.5. The number of rotatable bonds is 6. The zero-order valence-electron chi connectivity index (χ0n) is 14.1. The van der Waals surface area contributed by atoms with Gasteiger partial charge in [-0.2, -0.15) is 5.10 Å². The summed E-state index contributed by atoms with van der Waals surface area (Å²) in [6, 6.07) is 3.17. The zero-order valence-corrected chi connectivity index (χ0v) is 14.1. The Labute approximate surface area is 145 Å². The molecule has 2 aromatic rings. The fraction of sp³-hybridized carbons (Fsp3) is 0.444. The van der Waals surface area contributed by atoms with E-state index in [2.05, 4.69) is 10.4 Å². The number of carbonyl (C=O) groups excluding carboxylic acids is 1. The first-order chi connectivity index (χ1) is 12.1. The van der Waals surface area contributed by atoms with Crippen molar-refractivity contribution in [1.82, 2.24) is 15.1 Å². The maximum atomic E-state index is 13.5. The standard InChI is InChI=1S/C18H21F2N3O2/c1-2-6-25-11-18(24)22-16-4-3-5-17-15(16)10-21-23(17)14-8-12(19)7-13(20)9-14/h7-10,16H,2-6,11H2,1H3,(H,22,24)/t16-/m1/s1. The minimum atomic E-state index is -0.645. The van der Waals surface area contributed by atoms with Crippen LogP contribution < -0.4 is 5.32 Å². The molecule has 0 unspecified atom stereocenters. The molecule has 25 heavy (non-hydrogen) atoms. The van der Waals surface area contributed by atoms with E-state index in [1.54, 1.807) is 10.9 Å². The van der Waals surface area contributed by atoms with E-state index in [0.29, 0.717) is 12.3 Å². The average Bonchev–Trinajstić information content (AvgIpc) is 2.99. The van der Waals surface area contributed by atoms with E-state index in [9.17, 15) is 13.6 Å². The van der Waals surface area contributed by atoms with Gasteiger partial charge in [0.1, 0.15) is 18.2 Å². The van der Waals surface area contributed by atoms with Crippen LogP contribution in [0.3, 0.4) is 0 Å². The summed E-state index contributed by atoms with van der Waals surface area (Å²) in [5.41, 5.74) is 2.10. The molecule has 134 valence electrons. The summed E-state index contributed by atoms with van der Waals surface area (Å²) in [6.45, 7) is 2.56. The van der Waals surface area contributed by atoms with E-state index >= 15 is 0 Å². The third-order valence-corrected chi connectivity index (χ3v) is 4.19. The molecule has 3 rings (SSSR count). The lowest BCUT2D eigenvalue weighted by atomic mass is 9.93. The number of carbonyl (C=O) groups is 1. The van der Waals surface area contributed by atoms with Crippen molar-refractivity contribution in [3.8, 4) is 5.69 Å². The second-order valence-corrected chi connectivity index (χ2v) is 6.15. The Morgan fingerprint density at radius 1 is 1.36 bits per heavy atom. The van der Waals surface area contributed by atoms with Crippen molar-refractivity contribution in [1.29, 1.82) is 0 Å². The van der Waals surface area contributed by atoms with Gasteiger partial charge in [0.15, 0.2) is 0 Å². The predicted octanol–water partition coefficient (Wildman–Crippen LogP) is 3.07. The van der Waals surface area contributed by atoms with Crippen molar-refractivity contribution in [3.05, 3.63) is 47.3 Å². The van der Waals surface area contributed by atoms with Crippen LogP contribution in [-0.2, 0) is 16.0 Å². The van der Waals surface area contributed by atoms with Crippen LogP contribution in [0.5, 0.6) is 0 Å². The SMILES string of the molecule is CCCOCC(=O)N[C@@H]1CCCc2c1cnn2-c1cc(F)cc(F)c1. The Balaban J connectivity index is 1.79. The number of ether oxygens (including phenoxy) is 1. The van der Waals surface area contributed by atoms with Crippen molar-refractivity contribution < 1.29 is 18.3 Å². The largest absolute Gasteiger partial charge is 0.372 e. The number of hydrogen-bond acceptors (Lipinski definition) is 3. The Bertz CT molecular complexity index is 741. The van der Waals surface area contributed by atoms with E-state index in [4.69, 9.17) is 4.74 Å². The number of halogens is 2. The molecule has 1 amide bonds. The molecular formula is C18H21F2N3O2. The van der Waals surface area contributed by atoms with Gasteiger partial charge in [-0.25, -0.2) is 13.5 Å². The molecule has 0 fully saturated rings. The van der Waals surface area contributed by atoms with Crippen molar-refractivity contribution in [2.45, 2.75) is 38.6 Å². The molecule has 1 heterocycles. The maximum Gasteiger partial charge on any atom is 0.246 e. The van der Waals surface area contributed by atoms with Crippen molar-refractivity contribution >= 4 is 5.91 Å². The Morgan fingerprint density at radius 3 is 2.84 bits per heavy atom. The highest BCUT2D eigenvalue weighted by molar-refractivity contribution is 5.77. The highest BCUT2D eigenvalue weighted by Gasteiger charge is 2.26. The lowest BCUT2D eigenvalue weighted by Gasteiger charge is -2.24. The number of nitrogens with zero attached hydrogens (tertiary/aromatic N) is 2. The van der Waals surface area contributed by atoms with Gasteiger partial charge < -0.3 is 10.1 Å². The number of benzene rings is 1. The van der Waals surface area contributed by atoms with Gasteiger partial charge in [-0.1, -0.05) is 6.92 Å². The second-order valence-electron chi connectivity index (χ2n) is 6.15. The molecule has 1 aromatic heterocycles. The van der Waals surface area contributed by atoms with Gasteiger partial charge in [-0.3, -0.25) is 4.79 Å². The summed E-state index contributed by atoms with van der Waals surface area (Å²) in [4.78, 5) is 12.0. The maximum absolute atomic E-state index is 13.5. The van der Waals surface area contributed by atoms with Gasteiger partial charge in [0.25, 0.3) is 0 Å². The molecule has 0 aliphatic heterocycles. The van der Waals surface area contributed by atoms with Crippen LogP contribution >= 0.6 is 0 Å². The highest BCUT2D eigenvalue weighted by Crippen LogP contribution is 2.31. The number of aromatic nitrogens is 2. The number of fused-ring (bicyclic) bond motifs is 1. The number of amides is 1. The summed E-state index contributed by atoms with van der Waals surface area (Å²) in [5, 5.41) is 7.24. The third-order valence-electron chi connectivity index (χ3n) is 4.19. The second kappa shape index (κ2) is 7.74. The summed E-state index contributed by atoms with van der Waals surface area (Å²) in [6.07, 6.45) is 4.92. The summed E-state index contributed by atoms with van der Waals surface area (Å²) < 4.78 is 33.8. The van der Waals surface area contributed by atoms with E-state index in [0.717, 1.165) is 43.0 Å². The minimum absolute atomic E-state index is 0.0307. The minimum Gasteiger partial charge on any atom is -0.372 e. The number of hydrogen-bond donors (Lipinski definition) is 1. The van der Waals surface area contributed by atoms with Gasteiger partial charge >= 0.3 is 0 Å². The predicted molar refractivity (Wildman–Crippen MR) is 88.4 cm³/mol. The molecular weight excluding hydrogens is 328 g/mol. The molecule has 1 atom stereocenters. The lowest BCUT2D eigenvalue weighted by Crippen LogP contribution is -2.33. The van der Waals surface area contributed by atoms with Crippen molar-refractivity contribution in [3.63, 3.8) is 0 Å². The van der Waals surface area contributed by atoms with Gasteiger partial charge in [-0.15, -0.1) is 0 Å². The molecule has 0 radical (unpaired) electrons. The van der Waals surface area contributed by atoms with Crippen LogP contribution in [0.1, 0.15) is 43.5 Å². The summed E-state index contributed by atoms with van der Waals surface area (Å²) >= 11 is 0. The first-order valence-corrected chi connectivity index (χ1v) is 8.49. The van der Waals surface area contributed by atoms with Crippen LogP contribution in [0.25, 0.3) is 5.69 Å². The molecule has 1 N–H and O–H groups in total. The smallest absolute Gasteiger partial charge is 0.246 e. The zero-order chi connectivity index (χ0) is 17.8. The van der Waals surface area contributed by atoms with Crippen LogP contribution in [0.2, 0.25) is 0 Å². The molecule has 7 heteroatoms. The van der Waals surface area contributed by atoms with Gasteiger partial charge in [-0.05, 0) is 37.8 Å².